The first-order chi connectivity index (χ1) is 63.4. The Morgan fingerprint density at radius 2 is 0.481 bits per heavy atom. The zero-order valence-corrected chi connectivity index (χ0v) is 75.1. The zero-order chi connectivity index (χ0) is 86.6. The first-order valence-corrected chi connectivity index (χ1v) is 45.6. The van der Waals surface area contributed by atoms with Gasteiger partial charge in [-0.25, -0.2) is 24.9 Å². The molecule has 5 aromatic heterocycles. The Bertz CT molecular complexity index is 8050. The molecular formula is C118H79Br3N8. The zero-order valence-electron chi connectivity index (χ0n) is 70.4. The summed E-state index contributed by atoms with van der Waals surface area (Å²) in [5.41, 5.74) is 33.4. The molecule has 1 aliphatic carbocycles. The normalized spacial score (nSPS) is 12.0. The summed E-state index contributed by atoms with van der Waals surface area (Å²) < 4.78 is 10.3. The number of hydrogen-bond acceptors (Lipinski definition) is 5. The molecule has 129 heavy (non-hydrogen) atoms. The molecule has 11 heteroatoms. The summed E-state index contributed by atoms with van der Waals surface area (Å²) in [4.78, 5) is 24.9. The molecule has 0 saturated heterocycles. The summed E-state index contributed by atoms with van der Waals surface area (Å²) in [6.45, 7) is 4.70. The van der Waals surface area contributed by atoms with Crippen LogP contribution in [0.4, 0.5) is 0 Å². The first-order valence-electron chi connectivity index (χ1n) is 43.2. The van der Waals surface area contributed by atoms with Crippen LogP contribution in [0.25, 0.3) is 206 Å². The van der Waals surface area contributed by atoms with Crippen LogP contribution in [-0.4, -0.2) is 38.6 Å². The molecule has 8 nitrogen and oxygen atoms in total. The largest absolute Gasteiger partial charge is 0.309 e. The third kappa shape index (κ3) is 15.3. The van der Waals surface area contributed by atoms with Crippen molar-refractivity contribution in [1.29, 1.82) is 0 Å². The average Bonchev–Trinajstić information content (AvgIpc) is 1.57. The molecule has 0 unspecified atom stereocenters. The van der Waals surface area contributed by atoms with Crippen molar-refractivity contribution in [2.24, 2.45) is 0 Å². The van der Waals surface area contributed by atoms with Crippen LogP contribution in [0.1, 0.15) is 25.0 Å². The van der Waals surface area contributed by atoms with Crippen LogP contribution in [-0.2, 0) is 5.41 Å². The Labute approximate surface area is 772 Å². The molecule has 0 saturated carbocycles. The quantitative estimate of drug-likeness (QED) is 0.115. The smallest absolute Gasteiger partial charge is 0.164 e. The summed E-state index contributed by atoms with van der Waals surface area (Å²) in [5.74, 6) is 2.65. The van der Waals surface area contributed by atoms with E-state index in [1.54, 1.807) is 0 Å². The van der Waals surface area contributed by atoms with Crippen molar-refractivity contribution in [2.45, 2.75) is 19.3 Å². The molecule has 0 fully saturated rings. The number of aromatic nitrogens is 8. The predicted octanol–water partition coefficient (Wildman–Crippen LogP) is 32.6. The minimum atomic E-state index is -0.0189. The fourth-order valence-electron chi connectivity index (χ4n) is 18.5. The molecule has 0 spiro atoms. The maximum atomic E-state index is 5.01. The highest BCUT2D eigenvalue weighted by molar-refractivity contribution is 9.11. The van der Waals surface area contributed by atoms with Crippen LogP contribution in [0.5, 0.6) is 0 Å². The second kappa shape index (κ2) is 34.0. The van der Waals surface area contributed by atoms with Gasteiger partial charge in [-0.05, 0) is 224 Å². The van der Waals surface area contributed by atoms with E-state index >= 15 is 0 Å². The lowest BCUT2D eigenvalue weighted by atomic mass is 9.81. The number of rotatable bonds is 13. The van der Waals surface area contributed by atoms with E-state index < -0.39 is 0 Å². The summed E-state index contributed by atoms with van der Waals surface area (Å²) in [7, 11) is 0. The summed E-state index contributed by atoms with van der Waals surface area (Å²) in [6, 6.07) is 157. The summed E-state index contributed by atoms with van der Waals surface area (Å²) in [5, 5.41) is 7.37. The fraction of sp³-hybridized carbons (Fsp3) is 0.0254. The Kier molecular flexibility index (Phi) is 21.0. The SMILES string of the molecule is Brc1ccc(-c2ccc3c(c2)c2ccc(-c4nc(-c5ccccc5)nc(-c5ccccc5)n4)cc2n3-c2ccccc2)cc1.Brc1ccc(-c2ccc3c(c2)c2ccccc2n3-c2ccc(-c3nc(-c4ccccc4)cc(-c4ccccc4)n3)cc2)cc1.CC1(C)c2ccccc2-c2ccc(-c3ccc4c(c3)c3cc(-c5ccc(Br)cc5)ccc3n4-c3ccccc3)cc21. The molecule has 0 amide bonds. The van der Waals surface area contributed by atoms with E-state index in [1.807, 2.05) is 97.1 Å². The van der Waals surface area contributed by atoms with Crippen LogP contribution in [0.15, 0.2) is 456 Å². The highest BCUT2D eigenvalue weighted by atomic mass is 79.9. The molecule has 612 valence electrons. The highest BCUT2D eigenvalue weighted by Crippen LogP contribution is 2.51. The lowest BCUT2D eigenvalue weighted by molar-refractivity contribution is 0.660. The Morgan fingerprint density at radius 3 is 0.938 bits per heavy atom. The fourth-order valence-corrected chi connectivity index (χ4v) is 19.3. The minimum Gasteiger partial charge on any atom is -0.309 e. The van der Waals surface area contributed by atoms with Crippen molar-refractivity contribution >= 4 is 113 Å². The number of hydrogen-bond donors (Lipinski definition) is 0. The number of para-hydroxylation sites is 3. The number of fused-ring (bicyclic) bond motifs is 12. The molecular weight excluding hydrogens is 1770 g/mol. The molecule has 24 rings (SSSR count). The van der Waals surface area contributed by atoms with Crippen molar-refractivity contribution in [3.8, 4) is 141 Å². The molecule has 5 heterocycles. The highest BCUT2D eigenvalue weighted by Gasteiger charge is 2.35. The van der Waals surface area contributed by atoms with Crippen molar-refractivity contribution in [2.75, 3.05) is 0 Å². The van der Waals surface area contributed by atoms with E-state index in [4.69, 9.17) is 24.9 Å². The molecule has 0 atom stereocenters. The molecule has 0 aliphatic heterocycles. The van der Waals surface area contributed by atoms with E-state index in [9.17, 15) is 0 Å². The van der Waals surface area contributed by atoms with Crippen molar-refractivity contribution in [3.05, 3.63) is 467 Å². The molecule has 1 aliphatic rings. The second-order valence-electron chi connectivity index (χ2n) is 33.1. The van der Waals surface area contributed by atoms with Gasteiger partial charge in [-0.15, -0.1) is 0 Å². The van der Waals surface area contributed by atoms with E-state index in [2.05, 4.69) is 421 Å². The molecule has 18 aromatic carbocycles. The van der Waals surface area contributed by atoms with E-state index in [0.29, 0.717) is 23.3 Å². The average molecular weight is 1850 g/mol. The van der Waals surface area contributed by atoms with Gasteiger partial charge in [0, 0.05) is 102 Å². The third-order valence-corrected chi connectivity index (χ3v) is 26.5. The van der Waals surface area contributed by atoms with E-state index in [0.717, 1.165) is 80.6 Å². The molecule has 0 bridgehead atoms. The third-order valence-electron chi connectivity index (χ3n) is 24.9. The van der Waals surface area contributed by atoms with Crippen LogP contribution in [0, 0.1) is 0 Å². The van der Waals surface area contributed by atoms with Gasteiger partial charge in [0.2, 0.25) is 0 Å². The van der Waals surface area contributed by atoms with Crippen LogP contribution >= 0.6 is 47.8 Å². The van der Waals surface area contributed by atoms with Gasteiger partial charge >= 0.3 is 0 Å². The van der Waals surface area contributed by atoms with Gasteiger partial charge in [-0.3, -0.25) is 0 Å². The number of benzene rings is 18. The van der Waals surface area contributed by atoms with Gasteiger partial charge in [0.15, 0.2) is 23.3 Å². The Balaban J connectivity index is 0.000000114. The monoisotopic (exact) mass is 1840 g/mol. The maximum Gasteiger partial charge on any atom is 0.164 e. The Hall–Kier alpha value is -15.1. The van der Waals surface area contributed by atoms with E-state index in [-0.39, 0.29) is 5.41 Å². The van der Waals surface area contributed by atoms with Crippen LogP contribution < -0.4 is 0 Å². The maximum absolute atomic E-state index is 5.01. The standard InChI is InChI=1S/C40H26BrN3.C39H25BrN4.C39H28BrN/c41-32-20-15-27(16-21-32)31-19-24-39-35(25-31)34-13-7-8-14-38(34)44(39)33-22-17-30(18-23-33)40-42-36(28-9-3-1-4-10-28)26-37(43-40)29-11-5-2-6-12-29;40-31-20-16-26(17-21-31)29-19-23-35-34(24-29)33-22-18-30(25-36(33)44(35)32-14-8-3-9-15-32)39-42-37(27-10-4-1-5-11-27)41-38(43-39)28-12-6-2-7-13-28;1-39(2)35-11-7-6-10-31(35)32-19-14-28(24-36(32)39)27-16-21-38-34(23-27)33-22-26(25-12-17-29(40)18-13-25)15-20-37(33)41(38)30-8-4-3-5-9-30/h1-26H;1-25H;3-24H,1-2H3. The lowest BCUT2D eigenvalue weighted by Crippen LogP contribution is -2.14. The Morgan fingerprint density at radius 1 is 0.186 bits per heavy atom. The van der Waals surface area contributed by atoms with Crippen molar-refractivity contribution < 1.29 is 0 Å². The lowest BCUT2D eigenvalue weighted by Gasteiger charge is -2.22. The van der Waals surface area contributed by atoms with Crippen molar-refractivity contribution in [1.82, 2.24) is 38.6 Å². The molecule has 0 radical (unpaired) electrons. The van der Waals surface area contributed by atoms with Gasteiger partial charge in [-0.1, -0.05) is 347 Å². The topological polar surface area (TPSA) is 79.2 Å². The molecule has 23 aromatic rings. The number of nitrogens with zero attached hydrogens (tertiary/aromatic N) is 8. The summed E-state index contributed by atoms with van der Waals surface area (Å²) in [6.07, 6.45) is 0. The number of halogens is 3. The second-order valence-corrected chi connectivity index (χ2v) is 35.8. The van der Waals surface area contributed by atoms with Gasteiger partial charge in [0.25, 0.3) is 0 Å². The van der Waals surface area contributed by atoms with Crippen LogP contribution in [0.3, 0.4) is 0 Å². The predicted molar refractivity (Wildman–Crippen MR) is 546 cm³/mol. The first kappa shape index (κ1) is 79.8. The van der Waals surface area contributed by atoms with Crippen LogP contribution in [0.2, 0.25) is 0 Å². The summed E-state index contributed by atoms with van der Waals surface area (Å²) >= 11 is 10.7. The van der Waals surface area contributed by atoms with Gasteiger partial charge in [0.1, 0.15) is 0 Å². The van der Waals surface area contributed by atoms with Gasteiger partial charge in [-0.2, -0.15) is 0 Å². The van der Waals surface area contributed by atoms with Gasteiger partial charge < -0.3 is 13.7 Å². The minimum absolute atomic E-state index is 0.0189. The van der Waals surface area contributed by atoms with Crippen molar-refractivity contribution in [3.63, 3.8) is 0 Å². The van der Waals surface area contributed by atoms with E-state index in [1.165, 1.54) is 127 Å². The molecule has 0 N–H and O–H groups in total. The van der Waals surface area contributed by atoms with Gasteiger partial charge in [0.05, 0.1) is 44.5 Å².